The Labute approximate surface area is 132 Å². The summed E-state index contributed by atoms with van der Waals surface area (Å²) in [5, 5.41) is 3.56. The van der Waals surface area contributed by atoms with Crippen molar-refractivity contribution in [1.29, 1.82) is 0 Å². The Balaban J connectivity index is 2.29. The minimum atomic E-state index is -0.109. The molecule has 118 valence electrons. The lowest BCUT2D eigenvalue weighted by atomic mass is 10.2. The van der Waals surface area contributed by atoms with E-state index in [1.165, 1.54) is 0 Å². The molecule has 1 rings (SSSR count). The number of rotatable bonds is 8. The Bertz CT molecular complexity index is 464. The normalized spacial score (nSPS) is 11.0. The van der Waals surface area contributed by atoms with E-state index in [0.29, 0.717) is 23.4 Å². The van der Waals surface area contributed by atoms with Crippen LogP contribution in [0.5, 0.6) is 5.75 Å². The molecule has 0 heterocycles. The zero-order valence-electron chi connectivity index (χ0n) is 13.3. The van der Waals surface area contributed by atoms with E-state index in [-0.39, 0.29) is 12.5 Å². The Morgan fingerprint density at radius 1 is 1.43 bits per heavy atom. The van der Waals surface area contributed by atoms with E-state index in [4.69, 9.17) is 16.3 Å². The summed E-state index contributed by atoms with van der Waals surface area (Å²) in [5.74, 6) is 0.548. The maximum atomic E-state index is 11.7. The molecule has 1 aromatic rings. The van der Waals surface area contributed by atoms with Crippen molar-refractivity contribution in [3.8, 4) is 5.75 Å². The summed E-state index contributed by atoms with van der Waals surface area (Å²) >= 11 is 5.94. The van der Waals surface area contributed by atoms with Gasteiger partial charge in [-0.25, -0.2) is 0 Å². The standard InChI is InChI=1S/C16H25ClN2O2/c1-5-19(12(2)3)9-8-18-16(20)11-21-14-6-7-15(17)13(4)10-14/h6-7,10,12H,5,8-9,11H2,1-4H3,(H,18,20). The number of hydrogen-bond acceptors (Lipinski definition) is 3. The molecule has 1 N–H and O–H groups in total. The number of nitrogens with zero attached hydrogens (tertiary/aromatic N) is 1. The number of ether oxygens (including phenoxy) is 1. The highest BCUT2D eigenvalue weighted by Gasteiger charge is 2.08. The maximum Gasteiger partial charge on any atom is 0.257 e. The van der Waals surface area contributed by atoms with Crippen molar-refractivity contribution in [2.45, 2.75) is 33.7 Å². The maximum absolute atomic E-state index is 11.7. The molecule has 0 aliphatic heterocycles. The summed E-state index contributed by atoms with van der Waals surface area (Å²) in [6.45, 7) is 10.8. The third-order valence-electron chi connectivity index (χ3n) is 3.36. The number of hydrogen-bond donors (Lipinski definition) is 1. The smallest absolute Gasteiger partial charge is 0.257 e. The van der Waals surface area contributed by atoms with Crippen LogP contribution in [0.3, 0.4) is 0 Å². The van der Waals surface area contributed by atoms with E-state index < -0.39 is 0 Å². The summed E-state index contributed by atoms with van der Waals surface area (Å²) < 4.78 is 5.45. The fourth-order valence-corrected chi connectivity index (χ4v) is 2.14. The van der Waals surface area contributed by atoms with E-state index in [1.54, 1.807) is 12.1 Å². The summed E-state index contributed by atoms with van der Waals surface area (Å²) in [6.07, 6.45) is 0. The Morgan fingerprint density at radius 2 is 2.14 bits per heavy atom. The average Bonchev–Trinajstić information content (AvgIpc) is 2.44. The molecule has 0 saturated carbocycles. The molecule has 4 nitrogen and oxygen atoms in total. The van der Waals surface area contributed by atoms with Crippen molar-refractivity contribution in [3.63, 3.8) is 0 Å². The van der Waals surface area contributed by atoms with Crippen LogP contribution in [-0.4, -0.2) is 43.1 Å². The fraction of sp³-hybridized carbons (Fsp3) is 0.562. The van der Waals surface area contributed by atoms with Gasteiger partial charge < -0.3 is 10.1 Å². The minimum absolute atomic E-state index is 0.0227. The van der Waals surface area contributed by atoms with Crippen LogP contribution in [0.1, 0.15) is 26.3 Å². The number of carbonyl (C=O) groups is 1. The summed E-state index contributed by atoms with van der Waals surface area (Å²) in [7, 11) is 0. The fourth-order valence-electron chi connectivity index (χ4n) is 2.03. The van der Waals surface area contributed by atoms with E-state index in [0.717, 1.165) is 18.7 Å². The first-order chi connectivity index (χ1) is 9.93. The highest BCUT2D eigenvalue weighted by molar-refractivity contribution is 6.31. The minimum Gasteiger partial charge on any atom is -0.484 e. The lowest BCUT2D eigenvalue weighted by Crippen LogP contribution is -2.39. The average molecular weight is 313 g/mol. The Kier molecular flexibility index (Phi) is 7.54. The van der Waals surface area contributed by atoms with Crippen molar-refractivity contribution in [1.82, 2.24) is 10.2 Å². The van der Waals surface area contributed by atoms with Crippen LogP contribution >= 0.6 is 11.6 Å². The second-order valence-corrected chi connectivity index (χ2v) is 5.68. The molecule has 1 aromatic carbocycles. The van der Waals surface area contributed by atoms with E-state index >= 15 is 0 Å². The van der Waals surface area contributed by atoms with Gasteiger partial charge in [0, 0.05) is 24.2 Å². The Morgan fingerprint density at radius 3 is 2.71 bits per heavy atom. The topological polar surface area (TPSA) is 41.6 Å². The monoisotopic (exact) mass is 312 g/mol. The second-order valence-electron chi connectivity index (χ2n) is 5.27. The van der Waals surface area contributed by atoms with Gasteiger partial charge >= 0.3 is 0 Å². The quantitative estimate of drug-likeness (QED) is 0.802. The van der Waals surface area contributed by atoms with Gasteiger partial charge in [-0.3, -0.25) is 9.69 Å². The van der Waals surface area contributed by atoms with Crippen molar-refractivity contribution in [3.05, 3.63) is 28.8 Å². The first-order valence-electron chi connectivity index (χ1n) is 7.33. The van der Waals surface area contributed by atoms with E-state index in [1.807, 2.05) is 13.0 Å². The molecule has 0 spiro atoms. The predicted octanol–water partition coefficient (Wildman–Crippen LogP) is 2.87. The van der Waals surface area contributed by atoms with Gasteiger partial charge in [0.25, 0.3) is 5.91 Å². The summed E-state index contributed by atoms with van der Waals surface area (Å²) in [4.78, 5) is 14.0. The molecule has 0 aliphatic rings. The third kappa shape index (κ3) is 6.36. The molecular weight excluding hydrogens is 288 g/mol. The van der Waals surface area contributed by atoms with Crippen LogP contribution in [0.2, 0.25) is 5.02 Å². The number of benzene rings is 1. The predicted molar refractivity (Wildman–Crippen MR) is 87.1 cm³/mol. The molecule has 5 heteroatoms. The molecule has 0 unspecified atom stereocenters. The van der Waals surface area contributed by atoms with Gasteiger partial charge in [0.05, 0.1) is 0 Å². The van der Waals surface area contributed by atoms with Crippen molar-refractivity contribution in [2.24, 2.45) is 0 Å². The number of nitrogens with one attached hydrogen (secondary N) is 1. The molecular formula is C16H25ClN2O2. The first-order valence-corrected chi connectivity index (χ1v) is 7.71. The SMILES string of the molecule is CCN(CCNC(=O)COc1ccc(Cl)c(C)c1)C(C)C. The van der Waals surface area contributed by atoms with Crippen LogP contribution in [-0.2, 0) is 4.79 Å². The van der Waals surface area contributed by atoms with Crippen LogP contribution in [0.25, 0.3) is 0 Å². The lowest BCUT2D eigenvalue weighted by Gasteiger charge is -2.24. The molecule has 0 bridgehead atoms. The van der Waals surface area contributed by atoms with Crippen molar-refractivity contribution < 1.29 is 9.53 Å². The zero-order chi connectivity index (χ0) is 15.8. The van der Waals surface area contributed by atoms with Gasteiger partial charge in [0.1, 0.15) is 5.75 Å². The number of amides is 1. The first kappa shape index (κ1) is 17.8. The van der Waals surface area contributed by atoms with Gasteiger partial charge in [-0.05, 0) is 51.1 Å². The molecule has 1 amide bonds. The van der Waals surface area contributed by atoms with Crippen molar-refractivity contribution >= 4 is 17.5 Å². The van der Waals surface area contributed by atoms with Crippen LogP contribution in [0.4, 0.5) is 0 Å². The van der Waals surface area contributed by atoms with Gasteiger partial charge in [0.2, 0.25) is 0 Å². The summed E-state index contributed by atoms with van der Waals surface area (Å²) in [5.41, 5.74) is 0.935. The van der Waals surface area contributed by atoms with Crippen LogP contribution < -0.4 is 10.1 Å². The molecule has 0 saturated heterocycles. The van der Waals surface area contributed by atoms with Gasteiger partial charge in [0.15, 0.2) is 6.61 Å². The molecule has 0 atom stereocenters. The second kappa shape index (κ2) is 8.90. The molecule has 0 aromatic heterocycles. The molecule has 0 fully saturated rings. The van der Waals surface area contributed by atoms with E-state index in [2.05, 4.69) is 31.0 Å². The number of halogens is 1. The van der Waals surface area contributed by atoms with Crippen molar-refractivity contribution in [2.75, 3.05) is 26.2 Å². The van der Waals surface area contributed by atoms with Gasteiger partial charge in [-0.2, -0.15) is 0 Å². The molecule has 21 heavy (non-hydrogen) atoms. The highest BCUT2D eigenvalue weighted by Crippen LogP contribution is 2.20. The molecule has 0 radical (unpaired) electrons. The lowest BCUT2D eigenvalue weighted by molar-refractivity contribution is -0.123. The number of aryl methyl sites for hydroxylation is 1. The largest absolute Gasteiger partial charge is 0.484 e. The molecule has 0 aliphatic carbocycles. The summed E-state index contributed by atoms with van der Waals surface area (Å²) in [6, 6.07) is 5.85. The number of likely N-dealkylation sites (N-methyl/N-ethyl adjacent to an activating group) is 1. The third-order valence-corrected chi connectivity index (χ3v) is 3.78. The van der Waals surface area contributed by atoms with Crippen LogP contribution in [0, 0.1) is 6.92 Å². The number of carbonyl (C=O) groups excluding carboxylic acids is 1. The van der Waals surface area contributed by atoms with Gasteiger partial charge in [-0.15, -0.1) is 0 Å². The van der Waals surface area contributed by atoms with E-state index in [9.17, 15) is 4.79 Å². The Hall–Kier alpha value is -1.26. The highest BCUT2D eigenvalue weighted by atomic mass is 35.5. The van der Waals surface area contributed by atoms with Gasteiger partial charge in [-0.1, -0.05) is 18.5 Å². The zero-order valence-corrected chi connectivity index (χ0v) is 14.0. The van der Waals surface area contributed by atoms with Crippen LogP contribution in [0.15, 0.2) is 18.2 Å².